The Labute approximate surface area is 103 Å². The van der Waals surface area contributed by atoms with E-state index in [0.717, 1.165) is 15.6 Å². The number of carboxylic acids is 1. The maximum Gasteiger partial charge on any atom is 0.303 e. The van der Waals surface area contributed by atoms with Gasteiger partial charge in [-0.05, 0) is 13.0 Å². The largest absolute Gasteiger partial charge is 0.481 e. The summed E-state index contributed by atoms with van der Waals surface area (Å²) in [6.45, 7) is 2.02. The molecule has 88 valence electrons. The molecule has 0 unspecified atom stereocenters. The third kappa shape index (κ3) is 3.10. The normalized spacial score (nSPS) is 10.4. The van der Waals surface area contributed by atoms with Crippen molar-refractivity contribution < 1.29 is 9.90 Å². The van der Waals surface area contributed by atoms with Crippen LogP contribution in [-0.4, -0.2) is 21.3 Å². The third-order valence-corrected chi connectivity index (χ3v) is 3.32. The van der Waals surface area contributed by atoms with Gasteiger partial charge in [0, 0.05) is 12.0 Å². The molecule has 2 rings (SSSR count). The van der Waals surface area contributed by atoms with E-state index in [2.05, 4.69) is 10.2 Å². The molecule has 0 bridgehead atoms. The minimum atomic E-state index is -0.808. The average Bonchev–Trinajstić information content (AvgIpc) is 2.75. The van der Waals surface area contributed by atoms with Gasteiger partial charge >= 0.3 is 5.97 Å². The van der Waals surface area contributed by atoms with Gasteiger partial charge in [0.1, 0.15) is 10.0 Å². The molecular formula is C12H12N2O2S. The van der Waals surface area contributed by atoms with E-state index in [1.54, 1.807) is 0 Å². The quantitative estimate of drug-likeness (QED) is 0.903. The molecule has 17 heavy (non-hydrogen) atoms. The number of aliphatic carboxylic acids is 1. The molecule has 0 saturated heterocycles. The fraction of sp³-hybridized carbons (Fsp3) is 0.250. The van der Waals surface area contributed by atoms with Crippen molar-refractivity contribution in [1.82, 2.24) is 10.2 Å². The van der Waals surface area contributed by atoms with Crippen LogP contribution in [-0.2, 0) is 11.2 Å². The number of rotatable bonds is 4. The highest BCUT2D eigenvalue weighted by Crippen LogP contribution is 2.24. The summed E-state index contributed by atoms with van der Waals surface area (Å²) in [5, 5.41) is 18.3. The van der Waals surface area contributed by atoms with Crippen molar-refractivity contribution in [2.24, 2.45) is 0 Å². The number of aromatic nitrogens is 2. The molecule has 0 aliphatic carbocycles. The van der Waals surface area contributed by atoms with E-state index in [0.29, 0.717) is 6.42 Å². The highest BCUT2D eigenvalue weighted by molar-refractivity contribution is 7.14. The highest BCUT2D eigenvalue weighted by Gasteiger charge is 2.08. The van der Waals surface area contributed by atoms with Crippen LogP contribution in [0.5, 0.6) is 0 Å². The van der Waals surface area contributed by atoms with Gasteiger partial charge in [-0.3, -0.25) is 4.79 Å². The number of benzene rings is 1. The van der Waals surface area contributed by atoms with Crippen LogP contribution in [0.4, 0.5) is 0 Å². The molecule has 1 heterocycles. The Hall–Kier alpha value is -1.75. The van der Waals surface area contributed by atoms with E-state index >= 15 is 0 Å². The van der Waals surface area contributed by atoms with Crippen molar-refractivity contribution in [3.63, 3.8) is 0 Å². The molecule has 1 aromatic carbocycles. The summed E-state index contributed by atoms with van der Waals surface area (Å²) in [7, 11) is 0. The number of hydrogen-bond donors (Lipinski definition) is 1. The van der Waals surface area contributed by atoms with Gasteiger partial charge in [0.15, 0.2) is 0 Å². The van der Waals surface area contributed by atoms with E-state index in [1.165, 1.54) is 16.9 Å². The molecule has 0 spiro atoms. The van der Waals surface area contributed by atoms with Gasteiger partial charge in [0.05, 0.1) is 6.42 Å². The van der Waals surface area contributed by atoms with Crippen molar-refractivity contribution in [3.8, 4) is 10.6 Å². The van der Waals surface area contributed by atoms with Crippen molar-refractivity contribution in [2.45, 2.75) is 19.8 Å². The Morgan fingerprint density at radius 1 is 1.41 bits per heavy atom. The number of nitrogens with zero attached hydrogens (tertiary/aromatic N) is 2. The molecular weight excluding hydrogens is 236 g/mol. The lowest BCUT2D eigenvalue weighted by molar-refractivity contribution is -0.136. The maximum atomic E-state index is 10.5. The van der Waals surface area contributed by atoms with Crippen molar-refractivity contribution in [3.05, 3.63) is 34.8 Å². The predicted octanol–water partition coefficient (Wildman–Crippen LogP) is 2.53. The summed E-state index contributed by atoms with van der Waals surface area (Å²) in [6.07, 6.45) is 0.543. The van der Waals surface area contributed by atoms with E-state index in [1.807, 2.05) is 31.2 Å². The molecule has 4 nitrogen and oxygen atoms in total. The summed E-state index contributed by atoms with van der Waals surface area (Å²) >= 11 is 1.45. The van der Waals surface area contributed by atoms with Crippen molar-refractivity contribution in [1.29, 1.82) is 0 Å². The first kappa shape index (κ1) is 11.7. The molecule has 0 amide bonds. The van der Waals surface area contributed by atoms with E-state index in [9.17, 15) is 4.79 Å². The molecule has 2 aromatic rings. The monoisotopic (exact) mass is 248 g/mol. The van der Waals surface area contributed by atoms with Crippen LogP contribution in [0.3, 0.4) is 0 Å². The minimum Gasteiger partial charge on any atom is -0.481 e. The second kappa shape index (κ2) is 5.05. The van der Waals surface area contributed by atoms with Gasteiger partial charge in [-0.25, -0.2) is 0 Å². The summed E-state index contributed by atoms with van der Waals surface area (Å²) in [4.78, 5) is 10.5. The summed E-state index contributed by atoms with van der Waals surface area (Å²) in [6, 6.07) is 8.02. The van der Waals surface area contributed by atoms with Gasteiger partial charge in [-0.2, -0.15) is 0 Å². The molecule has 0 saturated carbocycles. The highest BCUT2D eigenvalue weighted by atomic mass is 32.1. The SMILES string of the molecule is Cc1cccc(-c2nnc(CCC(=O)O)s2)c1. The van der Waals surface area contributed by atoms with Gasteiger partial charge in [0.2, 0.25) is 0 Å². The lowest BCUT2D eigenvalue weighted by atomic mass is 10.1. The number of carboxylic acid groups (broad SMARTS) is 1. The second-order valence-electron chi connectivity index (χ2n) is 3.76. The van der Waals surface area contributed by atoms with Crippen LogP contribution in [0.1, 0.15) is 17.0 Å². The molecule has 1 aromatic heterocycles. The van der Waals surface area contributed by atoms with E-state index in [4.69, 9.17) is 5.11 Å². The Kier molecular flexibility index (Phi) is 3.49. The molecule has 0 atom stereocenters. The third-order valence-electron chi connectivity index (χ3n) is 2.28. The van der Waals surface area contributed by atoms with Crippen molar-refractivity contribution >= 4 is 17.3 Å². The van der Waals surface area contributed by atoms with Crippen LogP contribution in [0.25, 0.3) is 10.6 Å². The Balaban J connectivity index is 2.15. The van der Waals surface area contributed by atoms with Crippen molar-refractivity contribution in [2.75, 3.05) is 0 Å². The molecule has 0 aliphatic rings. The van der Waals surface area contributed by atoms with Crippen LogP contribution in [0, 0.1) is 6.92 Å². The van der Waals surface area contributed by atoms with E-state index < -0.39 is 5.97 Å². The summed E-state index contributed by atoms with van der Waals surface area (Å²) in [5.74, 6) is -0.808. The predicted molar refractivity (Wildman–Crippen MR) is 66.0 cm³/mol. The zero-order chi connectivity index (χ0) is 12.3. The Morgan fingerprint density at radius 3 is 2.94 bits per heavy atom. The number of aryl methyl sites for hydroxylation is 2. The second-order valence-corrected chi connectivity index (χ2v) is 4.83. The minimum absolute atomic E-state index is 0.0997. The van der Waals surface area contributed by atoms with Crippen LogP contribution in [0.15, 0.2) is 24.3 Å². The summed E-state index contributed by atoms with van der Waals surface area (Å²) < 4.78 is 0. The zero-order valence-corrected chi connectivity index (χ0v) is 10.2. The molecule has 5 heteroatoms. The van der Waals surface area contributed by atoms with Crippen LogP contribution < -0.4 is 0 Å². The van der Waals surface area contributed by atoms with Gasteiger partial charge in [-0.1, -0.05) is 35.1 Å². The Morgan fingerprint density at radius 2 is 2.24 bits per heavy atom. The van der Waals surface area contributed by atoms with Crippen LogP contribution in [0.2, 0.25) is 0 Å². The molecule has 0 radical (unpaired) electrons. The first-order chi connectivity index (χ1) is 8.15. The topological polar surface area (TPSA) is 63.1 Å². The summed E-state index contributed by atoms with van der Waals surface area (Å²) in [5.41, 5.74) is 2.20. The maximum absolute atomic E-state index is 10.5. The smallest absolute Gasteiger partial charge is 0.303 e. The fourth-order valence-corrected chi connectivity index (χ4v) is 2.30. The molecule has 0 aliphatic heterocycles. The number of carbonyl (C=O) groups is 1. The Bertz CT molecular complexity index is 537. The zero-order valence-electron chi connectivity index (χ0n) is 9.38. The first-order valence-electron chi connectivity index (χ1n) is 5.26. The van der Waals surface area contributed by atoms with Gasteiger partial charge < -0.3 is 5.11 Å². The molecule has 1 N–H and O–H groups in total. The standard InChI is InChI=1S/C12H12N2O2S/c1-8-3-2-4-9(7-8)12-14-13-10(17-12)5-6-11(15)16/h2-4,7H,5-6H2,1H3,(H,15,16). The van der Waals surface area contributed by atoms with Crippen LogP contribution >= 0.6 is 11.3 Å². The lowest BCUT2D eigenvalue weighted by Gasteiger charge is -1.96. The van der Waals surface area contributed by atoms with Gasteiger partial charge in [-0.15, -0.1) is 10.2 Å². The lowest BCUT2D eigenvalue weighted by Crippen LogP contribution is -1.96. The first-order valence-corrected chi connectivity index (χ1v) is 6.08. The molecule has 0 fully saturated rings. The van der Waals surface area contributed by atoms with Gasteiger partial charge in [0.25, 0.3) is 0 Å². The fourth-order valence-electron chi connectivity index (χ4n) is 1.46. The number of hydrogen-bond acceptors (Lipinski definition) is 4. The average molecular weight is 248 g/mol. The van der Waals surface area contributed by atoms with E-state index in [-0.39, 0.29) is 6.42 Å².